The number of hydrogen-bond acceptors (Lipinski definition) is 6. The number of halogens is 1. The third kappa shape index (κ3) is 4.14. The molecule has 1 aliphatic rings. The Bertz CT molecular complexity index is 527. The van der Waals surface area contributed by atoms with Crippen molar-refractivity contribution in [3.05, 3.63) is 24.3 Å². The second kappa shape index (κ2) is 7.69. The minimum Gasteiger partial charge on any atom is -0.486 e. The lowest BCUT2D eigenvalue weighted by atomic mass is 9.96. The van der Waals surface area contributed by atoms with Crippen LogP contribution in [0.1, 0.15) is 12.8 Å². The summed E-state index contributed by atoms with van der Waals surface area (Å²) >= 11 is 0. The third-order valence-electron chi connectivity index (χ3n) is 3.64. The number of primary amides is 1. The Balaban J connectivity index is 1.88. The second-order valence-electron chi connectivity index (χ2n) is 5.14. The maximum atomic E-state index is 12.4. The van der Waals surface area contributed by atoms with E-state index in [4.69, 9.17) is 16.2 Å². The van der Waals surface area contributed by atoms with Gasteiger partial charge in [-0.1, -0.05) is 0 Å². The first kappa shape index (κ1) is 16.2. The molecule has 1 fully saturated rings. The van der Waals surface area contributed by atoms with Crippen LogP contribution < -0.4 is 21.1 Å². The number of nitrogens with zero attached hydrogens (tertiary/aromatic N) is 3. The Labute approximate surface area is 128 Å². The Kier molecular flexibility index (Phi) is 5.65. The molecular formula is C14H20FN5O2. The van der Waals surface area contributed by atoms with E-state index < -0.39 is 0 Å². The van der Waals surface area contributed by atoms with Crippen LogP contribution in [0.3, 0.4) is 0 Å². The van der Waals surface area contributed by atoms with Gasteiger partial charge in [0.2, 0.25) is 11.9 Å². The lowest BCUT2D eigenvalue weighted by Crippen LogP contribution is -2.39. The first-order valence-corrected chi connectivity index (χ1v) is 7.11. The van der Waals surface area contributed by atoms with Crippen molar-refractivity contribution >= 4 is 11.9 Å². The first-order chi connectivity index (χ1) is 10.6. The van der Waals surface area contributed by atoms with Crippen molar-refractivity contribution < 1.29 is 13.9 Å². The number of anilines is 1. The first-order valence-electron chi connectivity index (χ1n) is 7.11. The van der Waals surface area contributed by atoms with Gasteiger partial charge in [-0.05, 0) is 12.8 Å². The number of carbonyl (C=O) groups excluding carboxylic acids is 1. The monoisotopic (exact) mass is 309 g/mol. The Morgan fingerprint density at radius 3 is 2.55 bits per heavy atom. The molecule has 120 valence electrons. The summed E-state index contributed by atoms with van der Waals surface area (Å²) in [6.07, 6.45) is 4.93. The van der Waals surface area contributed by atoms with Gasteiger partial charge in [-0.2, -0.15) is 0 Å². The number of amides is 1. The highest BCUT2D eigenvalue weighted by molar-refractivity contribution is 5.76. The molecule has 0 saturated carbocycles. The van der Waals surface area contributed by atoms with Gasteiger partial charge < -0.3 is 21.1 Å². The molecule has 22 heavy (non-hydrogen) atoms. The van der Waals surface area contributed by atoms with Crippen LogP contribution in [0.15, 0.2) is 24.3 Å². The van der Waals surface area contributed by atoms with Crippen molar-refractivity contribution in [1.29, 1.82) is 0 Å². The lowest BCUT2D eigenvalue weighted by Gasteiger charge is -2.30. The topological polar surface area (TPSA) is 107 Å². The van der Waals surface area contributed by atoms with Crippen LogP contribution >= 0.6 is 0 Å². The van der Waals surface area contributed by atoms with Crippen LogP contribution in [0.2, 0.25) is 0 Å². The van der Waals surface area contributed by atoms with Crippen LogP contribution in [0.4, 0.5) is 10.3 Å². The number of rotatable bonds is 6. The summed E-state index contributed by atoms with van der Waals surface area (Å²) in [6.45, 7) is 1.55. The molecule has 2 rings (SSSR count). The number of piperidine rings is 1. The van der Waals surface area contributed by atoms with E-state index in [0.717, 1.165) is 0 Å². The average Bonchev–Trinajstić information content (AvgIpc) is 2.56. The fraction of sp³-hybridized carbons (Fsp3) is 0.500. The molecular weight excluding hydrogens is 289 g/mol. The van der Waals surface area contributed by atoms with Gasteiger partial charge in [-0.3, -0.25) is 4.79 Å². The molecule has 0 aliphatic carbocycles. The van der Waals surface area contributed by atoms with E-state index in [1.165, 1.54) is 12.4 Å². The highest BCUT2D eigenvalue weighted by Gasteiger charge is 2.24. The summed E-state index contributed by atoms with van der Waals surface area (Å²) in [4.78, 5) is 21.6. The van der Waals surface area contributed by atoms with E-state index in [9.17, 15) is 9.18 Å². The summed E-state index contributed by atoms with van der Waals surface area (Å²) in [7, 11) is 0. The largest absolute Gasteiger partial charge is 0.486 e. The molecule has 1 aromatic heterocycles. The van der Waals surface area contributed by atoms with E-state index in [2.05, 4.69) is 9.97 Å². The Morgan fingerprint density at radius 1 is 1.41 bits per heavy atom. The van der Waals surface area contributed by atoms with E-state index in [1.807, 2.05) is 4.90 Å². The maximum Gasteiger partial charge on any atom is 0.225 e. The second-order valence-corrected chi connectivity index (χ2v) is 5.14. The molecule has 0 aromatic carbocycles. The van der Waals surface area contributed by atoms with Crippen LogP contribution in [0.5, 0.6) is 5.75 Å². The fourth-order valence-corrected chi connectivity index (χ4v) is 2.22. The zero-order valence-electron chi connectivity index (χ0n) is 12.2. The molecule has 1 aliphatic heterocycles. The van der Waals surface area contributed by atoms with Gasteiger partial charge in [0.05, 0.1) is 18.7 Å². The number of ether oxygens (including phenoxy) is 1. The molecule has 1 amide bonds. The smallest absolute Gasteiger partial charge is 0.225 e. The number of hydrogen-bond donors (Lipinski definition) is 2. The zero-order valence-corrected chi connectivity index (χ0v) is 12.2. The van der Waals surface area contributed by atoms with Crippen LogP contribution in [0, 0.1) is 5.92 Å². The third-order valence-corrected chi connectivity index (χ3v) is 3.64. The summed E-state index contributed by atoms with van der Waals surface area (Å²) in [5.41, 5.74) is 11.0. The van der Waals surface area contributed by atoms with Crippen molar-refractivity contribution in [2.75, 3.05) is 31.1 Å². The summed E-state index contributed by atoms with van der Waals surface area (Å²) in [5, 5.41) is 0. The zero-order chi connectivity index (χ0) is 15.9. The molecule has 0 spiro atoms. The highest BCUT2D eigenvalue weighted by atomic mass is 19.1. The molecule has 1 aromatic rings. The molecule has 2 heterocycles. The predicted octanol–water partition coefficient (Wildman–Crippen LogP) is 0.369. The molecule has 8 heteroatoms. The summed E-state index contributed by atoms with van der Waals surface area (Å²) in [6, 6.07) is 0. The number of aromatic nitrogens is 2. The highest BCUT2D eigenvalue weighted by Crippen LogP contribution is 2.21. The Hall–Kier alpha value is -2.22. The molecule has 4 N–H and O–H groups in total. The molecule has 0 unspecified atom stereocenters. The molecule has 0 atom stereocenters. The molecule has 1 saturated heterocycles. The van der Waals surface area contributed by atoms with Gasteiger partial charge >= 0.3 is 0 Å². The van der Waals surface area contributed by atoms with Crippen molar-refractivity contribution in [2.45, 2.75) is 12.8 Å². The van der Waals surface area contributed by atoms with Crippen molar-refractivity contribution in [1.82, 2.24) is 9.97 Å². The quantitative estimate of drug-likeness (QED) is 0.786. The van der Waals surface area contributed by atoms with Crippen LogP contribution in [-0.2, 0) is 4.79 Å². The van der Waals surface area contributed by atoms with Crippen molar-refractivity contribution in [3.8, 4) is 5.75 Å². The van der Waals surface area contributed by atoms with Gasteiger partial charge in [-0.25, -0.2) is 14.4 Å². The average molecular weight is 309 g/mol. The van der Waals surface area contributed by atoms with Crippen LogP contribution in [-0.4, -0.2) is 42.1 Å². The fourth-order valence-electron chi connectivity index (χ4n) is 2.22. The normalized spacial score (nSPS) is 16.6. The van der Waals surface area contributed by atoms with Crippen LogP contribution in [0.25, 0.3) is 0 Å². The van der Waals surface area contributed by atoms with Gasteiger partial charge in [-0.15, -0.1) is 0 Å². The summed E-state index contributed by atoms with van der Waals surface area (Å²) < 4.78 is 17.7. The van der Waals surface area contributed by atoms with E-state index in [-0.39, 0.29) is 25.0 Å². The minimum absolute atomic E-state index is 0.0685. The summed E-state index contributed by atoms with van der Waals surface area (Å²) in [5.74, 6) is 0.709. The number of nitrogens with two attached hydrogens (primary N) is 2. The van der Waals surface area contributed by atoms with E-state index in [1.54, 1.807) is 0 Å². The number of carbonyl (C=O) groups is 1. The minimum atomic E-state index is -0.249. The van der Waals surface area contributed by atoms with Crippen molar-refractivity contribution in [2.24, 2.45) is 17.4 Å². The maximum absolute atomic E-state index is 12.4. The van der Waals surface area contributed by atoms with Gasteiger partial charge in [0.25, 0.3) is 0 Å². The van der Waals surface area contributed by atoms with Gasteiger partial charge in [0, 0.05) is 31.1 Å². The van der Waals surface area contributed by atoms with Crippen molar-refractivity contribution in [3.63, 3.8) is 0 Å². The standard InChI is InChI=1S/C14H20FN5O2/c15-5-10(6-16)9-22-12-7-18-14(19-8-12)20-3-1-11(2-4-20)13(17)21/h5,7-8,11H,1-4,6,9,16H2,(H2,17,21)/b10-5+. The molecule has 0 radical (unpaired) electrons. The van der Waals surface area contributed by atoms with E-state index >= 15 is 0 Å². The lowest BCUT2D eigenvalue weighted by molar-refractivity contribution is -0.122. The van der Waals surface area contributed by atoms with Gasteiger partial charge in [0.1, 0.15) is 6.61 Å². The van der Waals surface area contributed by atoms with E-state index in [0.29, 0.717) is 49.5 Å². The Morgan fingerprint density at radius 2 is 2.05 bits per heavy atom. The predicted molar refractivity (Wildman–Crippen MR) is 79.9 cm³/mol. The molecule has 0 bridgehead atoms. The molecule has 7 nitrogen and oxygen atoms in total. The van der Waals surface area contributed by atoms with Gasteiger partial charge in [0.15, 0.2) is 5.75 Å². The SMILES string of the molecule is NC/C(=C\F)COc1cnc(N2CCC(C(N)=O)CC2)nc1.